The van der Waals surface area contributed by atoms with Gasteiger partial charge >= 0.3 is 0 Å². The number of ketones is 1. The molecule has 0 fully saturated rings. The Labute approximate surface area is 160 Å². The lowest BCUT2D eigenvalue weighted by molar-refractivity contribution is 0.0953. The summed E-state index contributed by atoms with van der Waals surface area (Å²) in [4.78, 5) is 23.6. The molecule has 0 aromatic heterocycles. The monoisotopic (exact) mass is 388 g/mol. The fourth-order valence-electron chi connectivity index (χ4n) is 2.60. The molecule has 144 valence electrons. The summed E-state index contributed by atoms with van der Waals surface area (Å²) < 4.78 is 25.5. The third-order valence-corrected chi connectivity index (χ3v) is 5.53. The van der Waals surface area contributed by atoms with Gasteiger partial charge in [0.25, 0.3) is 5.91 Å². The lowest BCUT2D eigenvalue weighted by Crippen LogP contribution is -2.38. The molecule has 0 unspecified atom stereocenters. The number of carbonyl (C=O) groups is 2. The van der Waals surface area contributed by atoms with Crippen LogP contribution in [0.2, 0.25) is 0 Å². The maximum absolute atomic E-state index is 12.3. The molecule has 1 amide bonds. The number of hydrogen-bond donors (Lipinski definition) is 1. The van der Waals surface area contributed by atoms with E-state index in [-0.39, 0.29) is 24.8 Å². The quantitative estimate of drug-likeness (QED) is 0.739. The average Bonchev–Trinajstić information content (AvgIpc) is 2.60. The largest absolute Gasteiger partial charge is 0.350 e. The van der Waals surface area contributed by atoms with Crippen molar-refractivity contribution in [3.8, 4) is 0 Å². The summed E-state index contributed by atoms with van der Waals surface area (Å²) in [5.41, 5.74) is 3.61. The molecule has 0 aliphatic heterocycles. The van der Waals surface area contributed by atoms with Crippen LogP contribution in [0.1, 0.15) is 38.8 Å². The van der Waals surface area contributed by atoms with Gasteiger partial charge in [0.2, 0.25) is 10.0 Å². The fraction of sp³-hybridized carbons (Fsp3) is 0.300. The van der Waals surface area contributed by atoms with Crippen molar-refractivity contribution in [3.63, 3.8) is 0 Å². The Morgan fingerprint density at radius 3 is 2.07 bits per heavy atom. The molecule has 0 saturated carbocycles. The molecule has 6 nitrogen and oxygen atoms in total. The van der Waals surface area contributed by atoms with Crippen LogP contribution in [0.25, 0.3) is 0 Å². The number of rotatable bonds is 7. The molecule has 0 atom stereocenters. The Morgan fingerprint density at radius 1 is 0.963 bits per heavy atom. The van der Waals surface area contributed by atoms with Crippen LogP contribution in [0, 0.1) is 13.8 Å². The van der Waals surface area contributed by atoms with E-state index in [4.69, 9.17) is 0 Å². The first-order valence-corrected chi connectivity index (χ1v) is 10.4. The molecule has 27 heavy (non-hydrogen) atoms. The van der Waals surface area contributed by atoms with Crippen LogP contribution in [0.4, 0.5) is 5.69 Å². The molecule has 0 spiro atoms. The normalized spacial score (nSPS) is 11.1. The minimum Gasteiger partial charge on any atom is -0.350 e. The molecule has 0 aliphatic rings. The van der Waals surface area contributed by atoms with Crippen LogP contribution in [0.5, 0.6) is 0 Å². The van der Waals surface area contributed by atoms with E-state index in [9.17, 15) is 18.0 Å². The van der Waals surface area contributed by atoms with Crippen molar-refractivity contribution < 1.29 is 18.0 Å². The van der Waals surface area contributed by atoms with E-state index < -0.39 is 10.0 Å². The zero-order valence-electron chi connectivity index (χ0n) is 15.9. The topological polar surface area (TPSA) is 83.6 Å². The Balaban J connectivity index is 2.07. The number of Topliss-reactive ketones (excluding diaryl/α,β-unsaturated/α-hetero) is 1. The number of sulfonamides is 1. The molecular formula is C20H24N2O4S. The number of nitrogens with zero attached hydrogens (tertiary/aromatic N) is 1. The summed E-state index contributed by atoms with van der Waals surface area (Å²) in [6.45, 7) is 5.61. The molecule has 0 bridgehead atoms. The van der Waals surface area contributed by atoms with Crippen LogP contribution >= 0.6 is 0 Å². The highest BCUT2D eigenvalue weighted by atomic mass is 32.2. The Bertz CT molecular complexity index is 950. The highest BCUT2D eigenvalue weighted by molar-refractivity contribution is 7.92. The number of nitrogens with one attached hydrogen (secondary N) is 1. The van der Waals surface area contributed by atoms with Gasteiger partial charge in [-0.1, -0.05) is 6.07 Å². The van der Waals surface area contributed by atoms with Crippen LogP contribution in [-0.2, 0) is 10.0 Å². The lowest BCUT2D eigenvalue weighted by Gasteiger charge is -2.22. The summed E-state index contributed by atoms with van der Waals surface area (Å²) >= 11 is 0. The zero-order valence-corrected chi connectivity index (χ0v) is 16.8. The van der Waals surface area contributed by atoms with Crippen LogP contribution in [0.15, 0.2) is 42.5 Å². The first-order chi connectivity index (χ1) is 12.6. The Kier molecular flexibility index (Phi) is 6.38. The van der Waals surface area contributed by atoms with Gasteiger partial charge in [-0.05, 0) is 68.3 Å². The van der Waals surface area contributed by atoms with Crippen molar-refractivity contribution in [2.45, 2.75) is 20.8 Å². The second kappa shape index (κ2) is 8.35. The van der Waals surface area contributed by atoms with E-state index in [1.165, 1.54) is 11.2 Å². The van der Waals surface area contributed by atoms with E-state index >= 15 is 0 Å². The fourth-order valence-corrected chi connectivity index (χ4v) is 3.53. The first kappa shape index (κ1) is 20.6. The van der Waals surface area contributed by atoms with Gasteiger partial charge in [0.1, 0.15) is 0 Å². The molecular weight excluding hydrogens is 364 g/mol. The number of hydrogen-bond acceptors (Lipinski definition) is 4. The third-order valence-electron chi connectivity index (χ3n) is 4.33. The van der Waals surface area contributed by atoms with Crippen molar-refractivity contribution in [1.29, 1.82) is 0 Å². The van der Waals surface area contributed by atoms with Gasteiger partial charge in [0, 0.05) is 17.7 Å². The van der Waals surface area contributed by atoms with E-state index in [1.807, 2.05) is 19.9 Å². The average molecular weight is 388 g/mol. The van der Waals surface area contributed by atoms with Crippen molar-refractivity contribution >= 4 is 27.4 Å². The van der Waals surface area contributed by atoms with Gasteiger partial charge in [-0.25, -0.2) is 8.42 Å². The van der Waals surface area contributed by atoms with E-state index in [1.54, 1.807) is 36.4 Å². The minimum absolute atomic E-state index is 0.0897. The van der Waals surface area contributed by atoms with Crippen molar-refractivity contribution in [1.82, 2.24) is 5.32 Å². The lowest BCUT2D eigenvalue weighted by atomic mass is 10.1. The maximum Gasteiger partial charge on any atom is 0.251 e. The smallest absolute Gasteiger partial charge is 0.251 e. The summed E-state index contributed by atoms with van der Waals surface area (Å²) in [5, 5.41) is 2.75. The number of aryl methyl sites for hydroxylation is 2. The SMILES string of the molecule is CC(=O)c1ccc(N(CCNC(=O)c2ccc(C)c(C)c2)S(C)(=O)=O)cc1. The minimum atomic E-state index is -3.53. The van der Waals surface area contributed by atoms with Crippen LogP contribution in [0.3, 0.4) is 0 Å². The van der Waals surface area contributed by atoms with Gasteiger partial charge < -0.3 is 5.32 Å². The molecule has 2 aromatic carbocycles. The van der Waals surface area contributed by atoms with E-state index in [0.717, 1.165) is 17.4 Å². The second-order valence-electron chi connectivity index (χ2n) is 6.49. The van der Waals surface area contributed by atoms with Crippen molar-refractivity contribution in [2.24, 2.45) is 0 Å². The van der Waals surface area contributed by atoms with Gasteiger partial charge in [0.15, 0.2) is 5.78 Å². The maximum atomic E-state index is 12.3. The van der Waals surface area contributed by atoms with Crippen molar-refractivity contribution in [2.75, 3.05) is 23.7 Å². The zero-order chi connectivity index (χ0) is 20.2. The van der Waals surface area contributed by atoms with Crippen molar-refractivity contribution in [3.05, 3.63) is 64.7 Å². The Morgan fingerprint density at radius 2 is 1.56 bits per heavy atom. The molecule has 0 aliphatic carbocycles. The summed E-state index contributed by atoms with van der Waals surface area (Å²) in [6, 6.07) is 11.8. The van der Waals surface area contributed by atoms with Gasteiger partial charge in [0.05, 0.1) is 18.5 Å². The number of amides is 1. The molecule has 2 aromatic rings. The summed E-state index contributed by atoms with van der Waals surface area (Å²) in [5.74, 6) is -0.341. The number of benzene rings is 2. The van der Waals surface area contributed by atoms with Crippen LogP contribution < -0.4 is 9.62 Å². The summed E-state index contributed by atoms with van der Waals surface area (Å²) in [6.07, 6.45) is 1.11. The molecule has 0 heterocycles. The predicted molar refractivity (Wildman–Crippen MR) is 107 cm³/mol. The first-order valence-electron chi connectivity index (χ1n) is 8.54. The highest BCUT2D eigenvalue weighted by Gasteiger charge is 2.18. The van der Waals surface area contributed by atoms with Gasteiger partial charge in [-0.15, -0.1) is 0 Å². The molecule has 0 saturated heterocycles. The highest BCUT2D eigenvalue weighted by Crippen LogP contribution is 2.18. The molecule has 2 rings (SSSR count). The molecule has 7 heteroatoms. The van der Waals surface area contributed by atoms with E-state index in [2.05, 4.69) is 5.32 Å². The van der Waals surface area contributed by atoms with E-state index in [0.29, 0.717) is 16.8 Å². The number of carbonyl (C=O) groups excluding carboxylic acids is 2. The Hall–Kier alpha value is -2.67. The van der Waals surface area contributed by atoms with Crippen LogP contribution in [-0.4, -0.2) is 39.5 Å². The van der Waals surface area contributed by atoms with Gasteiger partial charge in [-0.2, -0.15) is 0 Å². The molecule has 1 N–H and O–H groups in total. The summed E-state index contributed by atoms with van der Waals surface area (Å²) in [7, 11) is -3.53. The number of anilines is 1. The van der Waals surface area contributed by atoms with Gasteiger partial charge in [-0.3, -0.25) is 13.9 Å². The predicted octanol–water partition coefficient (Wildman–Crippen LogP) is 2.70. The third kappa shape index (κ3) is 5.40. The standard InChI is InChI=1S/C20H24N2O4S/c1-14-5-6-18(13-15(14)2)20(24)21-11-12-22(27(4,25)26)19-9-7-17(8-10-19)16(3)23/h5-10,13H,11-12H2,1-4H3,(H,21,24). The molecule has 0 radical (unpaired) electrons. The second-order valence-corrected chi connectivity index (χ2v) is 8.40.